The van der Waals surface area contributed by atoms with Gasteiger partial charge in [0.05, 0.1) is 12.7 Å². The molecule has 2 atom stereocenters. The number of morpholine rings is 1. The van der Waals surface area contributed by atoms with E-state index < -0.39 is 0 Å². The van der Waals surface area contributed by atoms with Gasteiger partial charge in [0.1, 0.15) is 0 Å². The molecule has 0 aromatic heterocycles. The van der Waals surface area contributed by atoms with Crippen LogP contribution in [0.4, 0.5) is 0 Å². The molecule has 1 fully saturated rings. The summed E-state index contributed by atoms with van der Waals surface area (Å²) >= 11 is 0. The first-order valence-corrected chi connectivity index (χ1v) is 6.51. The minimum Gasteiger partial charge on any atom is -0.376 e. The Labute approximate surface area is 101 Å². The minimum absolute atomic E-state index is 0.335. The van der Waals surface area contributed by atoms with E-state index in [2.05, 4.69) is 44.8 Å². The summed E-state index contributed by atoms with van der Waals surface area (Å²) in [5.41, 5.74) is 0.335. The molecule has 0 radical (unpaired) electrons. The first-order chi connectivity index (χ1) is 7.44. The molecule has 0 spiro atoms. The molecule has 1 aliphatic heterocycles. The highest BCUT2D eigenvalue weighted by Crippen LogP contribution is 2.20. The normalized spacial score (nSPS) is 28.3. The van der Waals surface area contributed by atoms with Crippen LogP contribution >= 0.6 is 0 Å². The quantitative estimate of drug-likeness (QED) is 0.775. The second-order valence-electron chi connectivity index (χ2n) is 5.87. The zero-order chi connectivity index (χ0) is 12.2. The van der Waals surface area contributed by atoms with Gasteiger partial charge in [-0.3, -0.25) is 4.90 Å². The summed E-state index contributed by atoms with van der Waals surface area (Å²) in [6.45, 7) is 16.5. The van der Waals surface area contributed by atoms with E-state index in [1.807, 2.05) is 0 Å². The Hall–Kier alpha value is -0.120. The van der Waals surface area contributed by atoms with Crippen LogP contribution in [-0.4, -0.2) is 49.8 Å². The first kappa shape index (κ1) is 13.9. The molecule has 0 aromatic rings. The fraction of sp³-hybridized carbons (Fsp3) is 1.00. The molecule has 0 bridgehead atoms. The molecule has 3 heteroatoms. The summed E-state index contributed by atoms with van der Waals surface area (Å²) in [6, 6.07) is 0.553. The lowest BCUT2D eigenvalue weighted by Crippen LogP contribution is -2.52. The van der Waals surface area contributed by atoms with E-state index in [1.165, 1.54) is 0 Å². The van der Waals surface area contributed by atoms with Crippen molar-refractivity contribution in [3.8, 4) is 0 Å². The maximum absolute atomic E-state index is 5.66. The summed E-state index contributed by atoms with van der Waals surface area (Å²) < 4.78 is 5.66. The predicted octanol–water partition coefficient (Wildman–Crippen LogP) is 1.73. The van der Waals surface area contributed by atoms with Crippen LogP contribution in [0.3, 0.4) is 0 Å². The van der Waals surface area contributed by atoms with E-state index in [4.69, 9.17) is 4.74 Å². The van der Waals surface area contributed by atoms with Crippen LogP contribution in [0.5, 0.6) is 0 Å². The SMILES string of the molecule is CCNCC(C)(C)CN1CC(C)OCC1C. The molecular formula is C13H28N2O. The number of nitrogens with one attached hydrogen (secondary N) is 1. The Morgan fingerprint density at radius 3 is 2.69 bits per heavy atom. The number of nitrogens with zero attached hydrogens (tertiary/aromatic N) is 1. The van der Waals surface area contributed by atoms with Crippen LogP contribution in [-0.2, 0) is 4.74 Å². The van der Waals surface area contributed by atoms with Gasteiger partial charge in [-0.2, -0.15) is 0 Å². The van der Waals surface area contributed by atoms with Gasteiger partial charge in [0, 0.05) is 25.7 Å². The van der Waals surface area contributed by atoms with Crippen molar-refractivity contribution in [2.24, 2.45) is 5.41 Å². The second-order valence-corrected chi connectivity index (χ2v) is 5.87. The van der Waals surface area contributed by atoms with Gasteiger partial charge in [-0.25, -0.2) is 0 Å². The molecule has 16 heavy (non-hydrogen) atoms. The van der Waals surface area contributed by atoms with Crippen molar-refractivity contribution in [2.75, 3.05) is 32.8 Å². The lowest BCUT2D eigenvalue weighted by atomic mass is 9.91. The van der Waals surface area contributed by atoms with Gasteiger partial charge in [-0.05, 0) is 25.8 Å². The topological polar surface area (TPSA) is 24.5 Å². The van der Waals surface area contributed by atoms with Crippen LogP contribution in [0, 0.1) is 5.41 Å². The second kappa shape index (κ2) is 5.99. The summed E-state index contributed by atoms with van der Waals surface area (Å²) in [7, 11) is 0. The number of hydrogen-bond donors (Lipinski definition) is 1. The first-order valence-electron chi connectivity index (χ1n) is 6.51. The summed E-state index contributed by atoms with van der Waals surface area (Å²) in [6.07, 6.45) is 0.381. The largest absolute Gasteiger partial charge is 0.376 e. The molecule has 0 aliphatic carbocycles. The van der Waals surface area contributed by atoms with Crippen LogP contribution in [0.1, 0.15) is 34.6 Å². The Morgan fingerprint density at radius 1 is 1.38 bits per heavy atom. The monoisotopic (exact) mass is 228 g/mol. The van der Waals surface area contributed by atoms with Gasteiger partial charge in [0.15, 0.2) is 0 Å². The fourth-order valence-electron chi connectivity index (χ4n) is 2.26. The number of rotatable bonds is 5. The van der Waals surface area contributed by atoms with E-state index in [1.54, 1.807) is 0 Å². The molecule has 1 rings (SSSR count). The molecule has 1 saturated heterocycles. The van der Waals surface area contributed by atoms with Gasteiger partial charge < -0.3 is 10.1 Å². The van der Waals surface area contributed by atoms with Crippen molar-refractivity contribution in [1.82, 2.24) is 10.2 Å². The predicted molar refractivity (Wildman–Crippen MR) is 68.8 cm³/mol. The lowest BCUT2D eigenvalue weighted by Gasteiger charge is -2.41. The lowest BCUT2D eigenvalue weighted by molar-refractivity contribution is -0.0599. The number of hydrogen-bond acceptors (Lipinski definition) is 3. The maximum Gasteiger partial charge on any atom is 0.0674 e. The molecule has 1 heterocycles. The van der Waals surface area contributed by atoms with Crippen molar-refractivity contribution in [3.05, 3.63) is 0 Å². The van der Waals surface area contributed by atoms with E-state index in [-0.39, 0.29) is 0 Å². The van der Waals surface area contributed by atoms with Gasteiger partial charge in [-0.1, -0.05) is 20.8 Å². The minimum atomic E-state index is 0.335. The standard InChI is InChI=1S/C13H28N2O/c1-6-14-9-13(4,5)10-15-7-12(3)16-8-11(15)2/h11-12,14H,6-10H2,1-5H3. The molecule has 0 saturated carbocycles. The van der Waals surface area contributed by atoms with Crippen LogP contribution in [0.2, 0.25) is 0 Å². The van der Waals surface area contributed by atoms with Crippen molar-refractivity contribution < 1.29 is 4.74 Å². The molecule has 96 valence electrons. The van der Waals surface area contributed by atoms with E-state index >= 15 is 0 Å². The third-order valence-electron chi connectivity index (χ3n) is 3.22. The van der Waals surface area contributed by atoms with E-state index in [0.29, 0.717) is 17.6 Å². The Kier molecular flexibility index (Phi) is 5.22. The van der Waals surface area contributed by atoms with Gasteiger partial charge in [0.2, 0.25) is 0 Å². The zero-order valence-electron chi connectivity index (χ0n) is 11.5. The molecule has 0 aromatic carbocycles. The zero-order valence-corrected chi connectivity index (χ0v) is 11.5. The van der Waals surface area contributed by atoms with Crippen LogP contribution < -0.4 is 5.32 Å². The number of ether oxygens (including phenoxy) is 1. The van der Waals surface area contributed by atoms with Crippen molar-refractivity contribution in [3.63, 3.8) is 0 Å². The molecule has 3 nitrogen and oxygen atoms in total. The van der Waals surface area contributed by atoms with Crippen LogP contribution in [0.25, 0.3) is 0 Å². The Bertz CT molecular complexity index is 206. The third-order valence-corrected chi connectivity index (χ3v) is 3.22. The third kappa shape index (κ3) is 4.40. The highest BCUT2D eigenvalue weighted by molar-refractivity contribution is 4.82. The van der Waals surface area contributed by atoms with Crippen molar-refractivity contribution in [1.29, 1.82) is 0 Å². The van der Waals surface area contributed by atoms with E-state index in [0.717, 1.165) is 32.8 Å². The summed E-state index contributed by atoms with van der Waals surface area (Å²) in [4.78, 5) is 2.56. The summed E-state index contributed by atoms with van der Waals surface area (Å²) in [5, 5.41) is 3.45. The van der Waals surface area contributed by atoms with Gasteiger partial charge >= 0.3 is 0 Å². The van der Waals surface area contributed by atoms with Crippen LogP contribution in [0.15, 0.2) is 0 Å². The fourth-order valence-corrected chi connectivity index (χ4v) is 2.26. The summed E-state index contributed by atoms with van der Waals surface area (Å²) in [5.74, 6) is 0. The van der Waals surface area contributed by atoms with E-state index in [9.17, 15) is 0 Å². The van der Waals surface area contributed by atoms with Crippen molar-refractivity contribution >= 4 is 0 Å². The highest BCUT2D eigenvalue weighted by Gasteiger charge is 2.28. The average Bonchev–Trinajstić information content (AvgIpc) is 2.20. The maximum atomic E-state index is 5.66. The molecule has 0 amide bonds. The molecule has 1 N–H and O–H groups in total. The Balaban J connectivity index is 2.44. The highest BCUT2D eigenvalue weighted by atomic mass is 16.5. The van der Waals surface area contributed by atoms with Gasteiger partial charge in [-0.15, -0.1) is 0 Å². The molecular weight excluding hydrogens is 200 g/mol. The molecule has 1 aliphatic rings. The van der Waals surface area contributed by atoms with Crippen molar-refractivity contribution in [2.45, 2.75) is 46.8 Å². The smallest absolute Gasteiger partial charge is 0.0674 e. The van der Waals surface area contributed by atoms with Gasteiger partial charge in [0.25, 0.3) is 0 Å². The molecule has 2 unspecified atom stereocenters. The Morgan fingerprint density at radius 2 is 2.06 bits per heavy atom. The average molecular weight is 228 g/mol.